The van der Waals surface area contributed by atoms with Crippen LogP contribution in [-0.4, -0.2) is 61.7 Å². The lowest BCUT2D eigenvalue weighted by atomic mass is 9.98. The van der Waals surface area contributed by atoms with Gasteiger partial charge in [-0.15, -0.1) is 0 Å². The van der Waals surface area contributed by atoms with E-state index in [2.05, 4.69) is 4.98 Å². The number of aromatic nitrogens is 1. The SMILES string of the molecule is NC(=O)CCN(C(=O)COC(=O)C1CCN(S(=O)(=O)c2cccnc2)CC1)c1ccccc1. The Morgan fingerprint density at radius 2 is 1.79 bits per heavy atom. The predicted molar refractivity (Wildman–Crippen MR) is 119 cm³/mol. The summed E-state index contributed by atoms with van der Waals surface area (Å²) in [5.41, 5.74) is 5.77. The van der Waals surface area contributed by atoms with Gasteiger partial charge < -0.3 is 15.4 Å². The van der Waals surface area contributed by atoms with Crippen LogP contribution in [0.5, 0.6) is 0 Å². The Kier molecular flexibility index (Phi) is 8.12. The molecule has 1 saturated heterocycles. The van der Waals surface area contributed by atoms with Crippen molar-refractivity contribution >= 4 is 33.5 Å². The zero-order valence-corrected chi connectivity index (χ0v) is 18.8. The fourth-order valence-corrected chi connectivity index (χ4v) is 4.97. The lowest BCUT2D eigenvalue weighted by Gasteiger charge is -2.30. The maximum atomic E-state index is 12.7. The quantitative estimate of drug-likeness (QED) is 0.533. The summed E-state index contributed by atoms with van der Waals surface area (Å²) in [6.45, 7) is -0.0829. The molecule has 2 amide bonds. The number of hydrogen-bond donors (Lipinski definition) is 1. The second kappa shape index (κ2) is 11.0. The fraction of sp³-hybridized carbons (Fsp3) is 0.364. The van der Waals surface area contributed by atoms with Gasteiger partial charge in [0.2, 0.25) is 15.9 Å². The highest BCUT2D eigenvalue weighted by molar-refractivity contribution is 7.89. The van der Waals surface area contributed by atoms with Crippen molar-refractivity contribution in [2.45, 2.75) is 24.2 Å². The van der Waals surface area contributed by atoms with E-state index in [1.165, 1.54) is 27.7 Å². The fourth-order valence-electron chi connectivity index (χ4n) is 3.54. The molecule has 0 saturated carbocycles. The maximum absolute atomic E-state index is 12.7. The number of rotatable bonds is 9. The van der Waals surface area contributed by atoms with Gasteiger partial charge in [-0.1, -0.05) is 18.2 Å². The average Bonchev–Trinajstić information content (AvgIpc) is 2.83. The van der Waals surface area contributed by atoms with Crippen molar-refractivity contribution in [3.8, 4) is 0 Å². The Labute approximate surface area is 192 Å². The lowest BCUT2D eigenvalue weighted by Crippen LogP contribution is -2.41. The number of benzene rings is 1. The number of nitrogens with two attached hydrogens (primary N) is 1. The van der Waals surface area contributed by atoms with Crippen LogP contribution in [0, 0.1) is 5.92 Å². The summed E-state index contributed by atoms with van der Waals surface area (Å²) in [6.07, 6.45) is 3.33. The van der Waals surface area contributed by atoms with Gasteiger partial charge in [0.25, 0.3) is 5.91 Å². The van der Waals surface area contributed by atoms with Crippen LogP contribution in [0.4, 0.5) is 5.69 Å². The number of esters is 1. The van der Waals surface area contributed by atoms with Crippen LogP contribution < -0.4 is 10.6 Å². The molecule has 1 aromatic carbocycles. The van der Waals surface area contributed by atoms with Crippen molar-refractivity contribution in [3.63, 3.8) is 0 Å². The van der Waals surface area contributed by atoms with Crippen molar-refractivity contribution < 1.29 is 27.5 Å². The number of piperidine rings is 1. The molecule has 1 aliphatic heterocycles. The molecular weight excluding hydrogens is 448 g/mol. The van der Waals surface area contributed by atoms with E-state index in [0.29, 0.717) is 5.69 Å². The third kappa shape index (κ3) is 6.36. The van der Waals surface area contributed by atoms with Crippen LogP contribution in [0.3, 0.4) is 0 Å². The van der Waals surface area contributed by atoms with E-state index in [1.807, 2.05) is 0 Å². The molecule has 2 N–H and O–H groups in total. The first-order valence-electron chi connectivity index (χ1n) is 10.5. The first-order chi connectivity index (χ1) is 15.8. The van der Waals surface area contributed by atoms with Gasteiger partial charge in [0.15, 0.2) is 6.61 Å². The summed E-state index contributed by atoms with van der Waals surface area (Å²) < 4.78 is 31.9. The number of hydrogen-bond acceptors (Lipinski definition) is 7. The topological polar surface area (TPSA) is 140 Å². The monoisotopic (exact) mass is 474 g/mol. The molecule has 2 heterocycles. The lowest BCUT2D eigenvalue weighted by molar-refractivity contribution is -0.153. The van der Waals surface area contributed by atoms with E-state index in [4.69, 9.17) is 10.5 Å². The van der Waals surface area contributed by atoms with Crippen LogP contribution >= 0.6 is 0 Å². The standard InChI is InChI=1S/C22H26N4O6S/c23-20(27)10-14-26(18-5-2-1-3-6-18)21(28)16-32-22(29)17-8-12-25(13-9-17)33(30,31)19-7-4-11-24-15-19/h1-7,11,15,17H,8-10,12-14,16H2,(H2,23,27). The van der Waals surface area contributed by atoms with Gasteiger partial charge >= 0.3 is 5.97 Å². The van der Waals surface area contributed by atoms with Crippen LogP contribution in [0.2, 0.25) is 0 Å². The summed E-state index contributed by atoms with van der Waals surface area (Å²) in [7, 11) is -3.67. The molecule has 0 radical (unpaired) electrons. The Morgan fingerprint density at radius 1 is 1.09 bits per heavy atom. The average molecular weight is 475 g/mol. The Bertz CT molecular complexity index is 1070. The van der Waals surface area contributed by atoms with Crippen molar-refractivity contribution in [2.24, 2.45) is 11.7 Å². The molecule has 1 aliphatic rings. The van der Waals surface area contributed by atoms with E-state index < -0.39 is 40.3 Å². The Hall–Kier alpha value is -3.31. The van der Waals surface area contributed by atoms with Gasteiger partial charge in [-0.3, -0.25) is 19.4 Å². The molecule has 176 valence electrons. The number of carbonyl (C=O) groups is 3. The highest BCUT2D eigenvalue weighted by atomic mass is 32.2. The van der Waals surface area contributed by atoms with Gasteiger partial charge in [-0.05, 0) is 37.1 Å². The molecule has 0 aliphatic carbocycles. The zero-order chi connectivity index (χ0) is 23.8. The minimum Gasteiger partial charge on any atom is -0.455 e. The van der Waals surface area contributed by atoms with E-state index in [0.717, 1.165) is 0 Å². The van der Waals surface area contributed by atoms with E-state index in [1.54, 1.807) is 36.4 Å². The molecule has 0 bridgehead atoms. The number of primary amides is 1. The maximum Gasteiger partial charge on any atom is 0.309 e. The molecule has 10 nitrogen and oxygen atoms in total. The number of para-hydroxylation sites is 1. The highest BCUT2D eigenvalue weighted by Crippen LogP contribution is 2.24. The number of sulfonamides is 1. The first-order valence-corrected chi connectivity index (χ1v) is 11.9. The second-order valence-electron chi connectivity index (χ2n) is 7.57. The number of nitrogens with zero attached hydrogens (tertiary/aromatic N) is 3. The third-order valence-electron chi connectivity index (χ3n) is 5.35. The smallest absolute Gasteiger partial charge is 0.309 e. The molecule has 1 fully saturated rings. The van der Waals surface area contributed by atoms with Gasteiger partial charge in [0, 0.05) is 44.1 Å². The first kappa shape index (κ1) is 24.3. The molecule has 0 atom stereocenters. The summed E-state index contributed by atoms with van der Waals surface area (Å²) in [4.78, 5) is 41.7. The van der Waals surface area contributed by atoms with Crippen molar-refractivity contribution in [1.29, 1.82) is 0 Å². The Morgan fingerprint density at radius 3 is 2.39 bits per heavy atom. The molecule has 0 spiro atoms. The molecule has 3 rings (SSSR count). The minimum atomic E-state index is -3.67. The second-order valence-corrected chi connectivity index (χ2v) is 9.51. The predicted octanol–water partition coefficient (Wildman–Crippen LogP) is 0.934. The van der Waals surface area contributed by atoms with E-state index in [9.17, 15) is 22.8 Å². The van der Waals surface area contributed by atoms with Crippen molar-refractivity contribution in [3.05, 3.63) is 54.9 Å². The van der Waals surface area contributed by atoms with Gasteiger partial charge in [-0.2, -0.15) is 4.31 Å². The number of amides is 2. The van der Waals surface area contributed by atoms with Gasteiger partial charge in [-0.25, -0.2) is 8.42 Å². The van der Waals surface area contributed by atoms with Crippen LogP contribution in [0.25, 0.3) is 0 Å². The van der Waals surface area contributed by atoms with Crippen LogP contribution in [0.15, 0.2) is 59.8 Å². The summed E-state index contributed by atoms with van der Waals surface area (Å²) in [5.74, 6) is -2.08. The molecule has 33 heavy (non-hydrogen) atoms. The van der Waals surface area contributed by atoms with Crippen molar-refractivity contribution in [2.75, 3.05) is 31.1 Å². The number of ether oxygens (including phenoxy) is 1. The van der Waals surface area contributed by atoms with Crippen molar-refractivity contribution in [1.82, 2.24) is 9.29 Å². The molecule has 1 aromatic heterocycles. The van der Waals surface area contributed by atoms with E-state index in [-0.39, 0.29) is 43.8 Å². The minimum absolute atomic E-state index is 0.0293. The zero-order valence-electron chi connectivity index (χ0n) is 18.0. The normalized spacial score (nSPS) is 15.0. The van der Waals surface area contributed by atoms with Gasteiger partial charge in [0.05, 0.1) is 5.92 Å². The summed E-state index contributed by atoms with van der Waals surface area (Å²) in [5, 5.41) is 0. The number of anilines is 1. The summed E-state index contributed by atoms with van der Waals surface area (Å²) in [6, 6.07) is 11.7. The largest absolute Gasteiger partial charge is 0.455 e. The molecule has 11 heteroatoms. The van der Waals surface area contributed by atoms with Crippen LogP contribution in [-0.2, 0) is 29.1 Å². The van der Waals surface area contributed by atoms with E-state index >= 15 is 0 Å². The number of carbonyl (C=O) groups excluding carboxylic acids is 3. The van der Waals surface area contributed by atoms with Crippen LogP contribution in [0.1, 0.15) is 19.3 Å². The summed E-state index contributed by atoms with van der Waals surface area (Å²) >= 11 is 0. The molecule has 0 unspecified atom stereocenters. The number of pyridine rings is 1. The molecular formula is C22H26N4O6S. The van der Waals surface area contributed by atoms with Gasteiger partial charge in [0.1, 0.15) is 4.90 Å². The molecule has 2 aromatic rings. The third-order valence-corrected chi connectivity index (χ3v) is 7.23. The highest BCUT2D eigenvalue weighted by Gasteiger charge is 2.33. The Balaban J connectivity index is 1.54.